The fourth-order valence-electron chi connectivity index (χ4n) is 1.88. The van der Waals surface area contributed by atoms with Gasteiger partial charge in [0, 0.05) is 25.3 Å². The van der Waals surface area contributed by atoms with E-state index in [-0.39, 0.29) is 11.0 Å². The molecular formula is C17H20N4OS. The van der Waals surface area contributed by atoms with Gasteiger partial charge in [0.1, 0.15) is 0 Å². The highest BCUT2D eigenvalue weighted by Gasteiger charge is 2.08. The summed E-state index contributed by atoms with van der Waals surface area (Å²) in [5, 5.41) is 2.85. The molecule has 0 aliphatic heterocycles. The summed E-state index contributed by atoms with van der Waals surface area (Å²) in [7, 11) is 3.90. The van der Waals surface area contributed by atoms with Crippen LogP contribution in [0.25, 0.3) is 0 Å². The Hall–Kier alpha value is -2.60. The largest absolute Gasteiger partial charge is 0.378 e. The Balaban J connectivity index is 1.86. The molecule has 1 amide bonds. The molecule has 0 radical (unpaired) electrons. The number of hydrogen-bond acceptors (Lipinski definition) is 4. The number of hydrogen-bond donors (Lipinski definition) is 3. The molecule has 5 nitrogen and oxygen atoms in total. The Morgan fingerprint density at radius 3 is 2.17 bits per heavy atom. The molecule has 0 atom stereocenters. The number of thiocarbonyl (C=S) groups is 1. The minimum absolute atomic E-state index is 0.215. The number of nitrogens with zero attached hydrogens (tertiary/aromatic N) is 1. The van der Waals surface area contributed by atoms with E-state index in [4.69, 9.17) is 12.2 Å². The molecule has 0 fully saturated rings. The van der Waals surface area contributed by atoms with Gasteiger partial charge in [-0.2, -0.15) is 0 Å². The first-order valence-electron chi connectivity index (χ1n) is 7.17. The molecular weight excluding hydrogens is 308 g/mol. The van der Waals surface area contributed by atoms with Gasteiger partial charge < -0.3 is 4.90 Å². The molecule has 23 heavy (non-hydrogen) atoms. The summed E-state index contributed by atoms with van der Waals surface area (Å²) >= 11 is 5.11. The van der Waals surface area contributed by atoms with Gasteiger partial charge in [-0.15, -0.1) is 0 Å². The van der Waals surface area contributed by atoms with E-state index in [1.54, 1.807) is 12.1 Å². The van der Waals surface area contributed by atoms with Gasteiger partial charge in [-0.05, 0) is 55.5 Å². The van der Waals surface area contributed by atoms with Crippen LogP contribution in [0.4, 0.5) is 11.4 Å². The second-order valence-electron chi connectivity index (χ2n) is 5.34. The highest BCUT2D eigenvalue weighted by atomic mass is 32.1. The van der Waals surface area contributed by atoms with Gasteiger partial charge in [0.2, 0.25) is 0 Å². The van der Waals surface area contributed by atoms with Crippen LogP contribution in [0.3, 0.4) is 0 Å². The molecule has 0 aliphatic carbocycles. The monoisotopic (exact) mass is 328 g/mol. The summed E-state index contributed by atoms with van der Waals surface area (Å²) in [6.45, 7) is 2.02. The van der Waals surface area contributed by atoms with Gasteiger partial charge in [0.05, 0.1) is 5.69 Å². The second-order valence-corrected chi connectivity index (χ2v) is 5.75. The molecule has 6 heteroatoms. The Morgan fingerprint density at radius 2 is 1.61 bits per heavy atom. The van der Waals surface area contributed by atoms with Crippen molar-refractivity contribution in [1.29, 1.82) is 0 Å². The first-order chi connectivity index (χ1) is 11.0. The van der Waals surface area contributed by atoms with E-state index < -0.39 is 0 Å². The van der Waals surface area contributed by atoms with Gasteiger partial charge in [-0.3, -0.25) is 21.0 Å². The van der Waals surface area contributed by atoms with Crippen LogP contribution in [-0.4, -0.2) is 25.1 Å². The average Bonchev–Trinajstić information content (AvgIpc) is 2.54. The first-order valence-corrected chi connectivity index (χ1v) is 7.58. The molecule has 2 aromatic rings. The molecule has 3 N–H and O–H groups in total. The molecule has 0 unspecified atom stereocenters. The van der Waals surface area contributed by atoms with Crippen molar-refractivity contribution in [3.05, 3.63) is 59.7 Å². The summed E-state index contributed by atoms with van der Waals surface area (Å²) in [5.41, 5.74) is 9.35. The van der Waals surface area contributed by atoms with Crippen LogP contribution in [0, 0.1) is 6.92 Å². The third-order valence-electron chi connectivity index (χ3n) is 3.24. The summed E-state index contributed by atoms with van der Waals surface area (Å²) in [6, 6.07) is 15.1. The molecule has 0 saturated carbocycles. The van der Waals surface area contributed by atoms with Gasteiger partial charge in [0.15, 0.2) is 5.11 Å². The number of carbonyl (C=O) groups excluding carboxylic acids is 1. The second kappa shape index (κ2) is 7.60. The van der Waals surface area contributed by atoms with Crippen LogP contribution in [0.1, 0.15) is 15.9 Å². The Morgan fingerprint density at radius 1 is 1.00 bits per heavy atom. The number of carbonyl (C=O) groups is 1. The van der Waals surface area contributed by atoms with E-state index >= 15 is 0 Å². The van der Waals surface area contributed by atoms with E-state index in [1.165, 1.54) is 5.56 Å². The SMILES string of the molecule is Cc1ccc(NNC(=S)NC(=O)c2ccc(N(C)C)cc2)cc1. The minimum atomic E-state index is -0.251. The predicted octanol–water partition coefficient (Wildman–Crippen LogP) is 2.69. The fourth-order valence-corrected chi connectivity index (χ4v) is 2.03. The van der Waals surface area contributed by atoms with E-state index in [0.29, 0.717) is 5.56 Å². The van der Waals surface area contributed by atoms with Crippen molar-refractivity contribution in [2.75, 3.05) is 24.4 Å². The minimum Gasteiger partial charge on any atom is -0.378 e. The maximum atomic E-state index is 12.1. The molecule has 0 bridgehead atoms. The molecule has 2 rings (SSSR count). The van der Waals surface area contributed by atoms with Crippen molar-refractivity contribution in [2.24, 2.45) is 0 Å². The number of benzene rings is 2. The molecule has 0 spiro atoms. The number of anilines is 2. The molecule has 0 aliphatic rings. The number of hydrazine groups is 1. The highest BCUT2D eigenvalue weighted by Crippen LogP contribution is 2.12. The zero-order valence-corrected chi connectivity index (χ0v) is 14.2. The van der Waals surface area contributed by atoms with Crippen LogP contribution in [0.2, 0.25) is 0 Å². The summed E-state index contributed by atoms with van der Waals surface area (Å²) in [4.78, 5) is 14.1. The van der Waals surface area contributed by atoms with Crippen LogP contribution in [-0.2, 0) is 0 Å². The van der Waals surface area contributed by atoms with Crippen LogP contribution >= 0.6 is 12.2 Å². The van der Waals surface area contributed by atoms with Gasteiger partial charge >= 0.3 is 0 Å². The van der Waals surface area contributed by atoms with Gasteiger partial charge in [-0.25, -0.2) is 0 Å². The third kappa shape index (κ3) is 4.96. The third-order valence-corrected chi connectivity index (χ3v) is 3.45. The van der Waals surface area contributed by atoms with Crippen molar-refractivity contribution in [1.82, 2.24) is 10.7 Å². The van der Waals surface area contributed by atoms with Crippen LogP contribution in [0.15, 0.2) is 48.5 Å². The summed E-state index contributed by atoms with van der Waals surface area (Å²) < 4.78 is 0. The van der Waals surface area contributed by atoms with E-state index in [2.05, 4.69) is 16.2 Å². The van der Waals surface area contributed by atoms with Gasteiger partial charge in [0.25, 0.3) is 5.91 Å². The lowest BCUT2D eigenvalue weighted by Gasteiger charge is -2.14. The van der Waals surface area contributed by atoms with Gasteiger partial charge in [-0.1, -0.05) is 17.7 Å². The number of nitrogens with one attached hydrogen (secondary N) is 3. The zero-order valence-electron chi connectivity index (χ0n) is 13.4. The normalized spacial score (nSPS) is 9.87. The highest BCUT2D eigenvalue weighted by molar-refractivity contribution is 7.80. The quantitative estimate of drug-likeness (QED) is 0.595. The molecule has 0 heterocycles. The molecule has 0 saturated heterocycles. The molecule has 120 valence electrons. The maximum absolute atomic E-state index is 12.1. The van der Waals surface area contributed by atoms with Crippen molar-refractivity contribution in [2.45, 2.75) is 6.92 Å². The van der Waals surface area contributed by atoms with Crippen molar-refractivity contribution < 1.29 is 4.79 Å². The number of aryl methyl sites for hydroxylation is 1. The standard InChI is InChI=1S/C17H20N4OS/c1-12-4-8-14(9-5-12)19-20-17(23)18-16(22)13-6-10-15(11-7-13)21(2)3/h4-11,19H,1-3H3,(H2,18,20,22,23). The number of rotatable bonds is 4. The van der Waals surface area contributed by atoms with Crippen molar-refractivity contribution >= 4 is 34.6 Å². The molecule has 0 aromatic heterocycles. The predicted molar refractivity (Wildman–Crippen MR) is 98.8 cm³/mol. The molecule has 2 aromatic carbocycles. The Bertz CT molecular complexity index is 681. The van der Waals surface area contributed by atoms with E-state index in [9.17, 15) is 4.79 Å². The average molecular weight is 328 g/mol. The smallest absolute Gasteiger partial charge is 0.257 e. The van der Waals surface area contributed by atoms with Crippen molar-refractivity contribution in [3.63, 3.8) is 0 Å². The number of amides is 1. The Labute approximate surface area is 141 Å². The van der Waals surface area contributed by atoms with E-state index in [1.807, 2.05) is 62.3 Å². The van der Waals surface area contributed by atoms with Crippen LogP contribution in [0.5, 0.6) is 0 Å². The topological polar surface area (TPSA) is 56.4 Å². The van der Waals surface area contributed by atoms with Crippen LogP contribution < -0.4 is 21.1 Å². The zero-order chi connectivity index (χ0) is 16.8. The van der Waals surface area contributed by atoms with Crippen molar-refractivity contribution in [3.8, 4) is 0 Å². The lowest BCUT2D eigenvalue weighted by atomic mass is 10.2. The summed E-state index contributed by atoms with van der Waals surface area (Å²) in [5.74, 6) is -0.251. The lowest BCUT2D eigenvalue weighted by molar-refractivity contribution is 0.0977. The summed E-state index contributed by atoms with van der Waals surface area (Å²) in [6.07, 6.45) is 0. The Kier molecular flexibility index (Phi) is 5.54. The maximum Gasteiger partial charge on any atom is 0.257 e. The lowest BCUT2D eigenvalue weighted by Crippen LogP contribution is -2.41. The fraction of sp³-hybridized carbons (Fsp3) is 0.176. The van der Waals surface area contributed by atoms with E-state index in [0.717, 1.165) is 11.4 Å². The first kappa shape index (κ1) is 16.8.